The van der Waals surface area contributed by atoms with Crippen molar-refractivity contribution in [1.82, 2.24) is 0 Å². The van der Waals surface area contributed by atoms with E-state index >= 15 is 0 Å². The molecular formula is C8H12O4. The van der Waals surface area contributed by atoms with Crippen LogP contribution >= 0.6 is 0 Å². The molecular weight excluding hydrogens is 160 g/mol. The van der Waals surface area contributed by atoms with Crippen LogP contribution < -0.4 is 0 Å². The summed E-state index contributed by atoms with van der Waals surface area (Å²) in [5.41, 5.74) is 0. The summed E-state index contributed by atoms with van der Waals surface area (Å²) < 4.78 is 9.82. The average molecular weight is 172 g/mol. The summed E-state index contributed by atoms with van der Waals surface area (Å²) in [5.74, 6) is -0.361. The molecule has 68 valence electrons. The predicted octanol–water partition coefficient (Wildman–Crippen LogP) is -0.135. The van der Waals surface area contributed by atoms with E-state index in [0.717, 1.165) is 0 Å². The van der Waals surface area contributed by atoms with E-state index in [1.807, 2.05) is 0 Å². The molecule has 1 aliphatic rings. The van der Waals surface area contributed by atoms with Gasteiger partial charge in [0, 0.05) is 6.92 Å². The van der Waals surface area contributed by atoms with E-state index in [9.17, 15) is 9.90 Å². The SMILES string of the molecule is CC(=O)OC[C@@H]1OCC=C[C@H]1O. The summed E-state index contributed by atoms with van der Waals surface area (Å²) in [5, 5.41) is 9.28. The predicted molar refractivity (Wildman–Crippen MR) is 41.5 cm³/mol. The number of aliphatic hydroxyl groups is 1. The Labute approximate surface area is 70.8 Å². The molecule has 2 atom stereocenters. The number of esters is 1. The Bertz CT molecular complexity index is 187. The Kier molecular flexibility index (Phi) is 3.25. The van der Waals surface area contributed by atoms with Gasteiger partial charge in [-0.25, -0.2) is 0 Å². The fourth-order valence-corrected chi connectivity index (χ4v) is 0.943. The van der Waals surface area contributed by atoms with E-state index in [2.05, 4.69) is 0 Å². The molecule has 0 unspecified atom stereocenters. The first kappa shape index (κ1) is 9.22. The van der Waals surface area contributed by atoms with Gasteiger partial charge in [0.15, 0.2) is 0 Å². The molecule has 0 aromatic carbocycles. The lowest BCUT2D eigenvalue weighted by atomic mass is 10.1. The molecule has 12 heavy (non-hydrogen) atoms. The molecule has 4 heteroatoms. The number of rotatable bonds is 2. The molecule has 0 amide bonds. The van der Waals surface area contributed by atoms with Gasteiger partial charge >= 0.3 is 5.97 Å². The van der Waals surface area contributed by atoms with Gasteiger partial charge in [0.25, 0.3) is 0 Å². The van der Waals surface area contributed by atoms with Crippen molar-refractivity contribution in [3.63, 3.8) is 0 Å². The molecule has 0 aromatic rings. The fraction of sp³-hybridized carbons (Fsp3) is 0.625. The zero-order valence-electron chi connectivity index (χ0n) is 6.90. The number of hydrogen-bond acceptors (Lipinski definition) is 4. The molecule has 1 heterocycles. The Morgan fingerprint density at radius 3 is 3.17 bits per heavy atom. The number of carbonyl (C=O) groups excluding carboxylic acids is 1. The third kappa shape index (κ3) is 2.64. The quantitative estimate of drug-likeness (QED) is 0.465. The number of carbonyl (C=O) groups is 1. The minimum absolute atomic E-state index is 0.112. The van der Waals surface area contributed by atoms with Gasteiger partial charge in [-0.1, -0.05) is 12.2 Å². The van der Waals surface area contributed by atoms with E-state index in [-0.39, 0.29) is 12.6 Å². The summed E-state index contributed by atoms with van der Waals surface area (Å²) in [6, 6.07) is 0. The second kappa shape index (κ2) is 4.23. The fourth-order valence-electron chi connectivity index (χ4n) is 0.943. The number of aliphatic hydroxyl groups excluding tert-OH is 1. The standard InChI is InChI=1S/C8H12O4/c1-6(9)12-5-8-7(10)3-2-4-11-8/h2-3,7-8,10H,4-5H2,1H3/t7-,8+/m1/s1. The van der Waals surface area contributed by atoms with E-state index in [1.54, 1.807) is 12.2 Å². The minimum Gasteiger partial charge on any atom is -0.463 e. The zero-order chi connectivity index (χ0) is 8.97. The van der Waals surface area contributed by atoms with Crippen molar-refractivity contribution in [3.05, 3.63) is 12.2 Å². The summed E-state index contributed by atoms with van der Waals surface area (Å²) >= 11 is 0. The van der Waals surface area contributed by atoms with Crippen LogP contribution in [0.3, 0.4) is 0 Å². The largest absolute Gasteiger partial charge is 0.463 e. The van der Waals surface area contributed by atoms with Gasteiger partial charge in [-0.05, 0) is 0 Å². The first-order chi connectivity index (χ1) is 5.70. The highest BCUT2D eigenvalue weighted by atomic mass is 16.6. The number of hydrogen-bond donors (Lipinski definition) is 1. The topological polar surface area (TPSA) is 55.8 Å². The lowest BCUT2D eigenvalue weighted by Crippen LogP contribution is -2.35. The van der Waals surface area contributed by atoms with Crippen LogP contribution in [0.15, 0.2) is 12.2 Å². The van der Waals surface area contributed by atoms with Gasteiger partial charge in [0.05, 0.1) is 6.61 Å². The summed E-state index contributed by atoms with van der Waals surface area (Å²) in [6.45, 7) is 1.90. The lowest BCUT2D eigenvalue weighted by molar-refractivity contribution is -0.147. The van der Waals surface area contributed by atoms with Crippen LogP contribution in [-0.4, -0.2) is 36.5 Å². The summed E-state index contributed by atoms with van der Waals surface area (Å²) in [7, 11) is 0. The molecule has 0 aliphatic carbocycles. The van der Waals surface area contributed by atoms with Crippen molar-refractivity contribution in [2.75, 3.05) is 13.2 Å². The van der Waals surface area contributed by atoms with Crippen molar-refractivity contribution >= 4 is 5.97 Å². The lowest BCUT2D eigenvalue weighted by Gasteiger charge is -2.23. The second-order valence-electron chi connectivity index (χ2n) is 2.59. The second-order valence-corrected chi connectivity index (χ2v) is 2.59. The van der Waals surface area contributed by atoms with Gasteiger partial charge in [-0.15, -0.1) is 0 Å². The molecule has 0 saturated heterocycles. The van der Waals surface area contributed by atoms with Crippen LogP contribution in [0.25, 0.3) is 0 Å². The third-order valence-corrected chi connectivity index (χ3v) is 1.57. The van der Waals surface area contributed by atoms with Gasteiger partial charge in [-0.2, -0.15) is 0 Å². The Morgan fingerprint density at radius 2 is 2.58 bits per heavy atom. The van der Waals surface area contributed by atoms with Crippen molar-refractivity contribution in [3.8, 4) is 0 Å². The minimum atomic E-state index is -0.668. The van der Waals surface area contributed by atoms with Gasteiger partial charge in [0.1, 0.15) is 18.8 Å². The van der Waals surface area contributed by atoms with E-state index in [0.29, 0.717) is 6.61 Å². The van der Waals surface area contributed by atoms with Crippen LogP contribution in [0.2, 0.25) is 0 Å². The van der Waals surface area contributed by atoms with Crippen molar-refractivity contribution in [2.45, 2.75) is 19.1 Å². The van der Waals surface area contributed by atoms with Crippen molar-refractivity contribution in [1.29, 1.82) is 0 Å². The van der Waals surface area contributed by atoms with E-state index in [1.165, 1.54) is 6.92 Å². The van der Waals surface area contributed by atoms with Crippen LogP contribution in [-0.2, 0) is 14.3 Å². The summed E-state index contributed by atoms with van der Waals surface area (Å²) in [4.78, 5) is 10.4. The van der Waals surface area contributed by atoms with Crippen LogP contribution in [0.5, 0.6) is 0 Å². The van der Waals surface area contributed by atoms with E-state index in [4.69, 9.17) is 9.47 Å². The number of ether oxygens (including phenoxy) is 2. The maximum Gasteiger partial charge on any atom is 0.302 e. The molecule has 4 nitrogen and oxygen atoms in total. The molecule has 0 radical (unpaired) electrons. The first-order valence-electron chi connectivity index (χ1n) is 3.80. The zero-order valence-corrected chi connectivity index (χ0v) is 6.90. The Hall–Kier alpha value is -0.870. The van der Waals surface area contributed by atoms with Gasteiger partial charge in [-0.3, -0.25) is 4.79 Å². The molecule has 1 N–H and O–H groups in total. The first-order valence-corrected chi connectivity index (χ1v) is 3.80. The normalized spacial score (nSPS) is 28.5. The van der Waals surface area contributed by atoms with Crippen molar-refractivity contribution in [2.24, 2.45) is 0 Å². The summed E-state index contributed by atoms with van der Waals surface area (Å²) in [6.07, 6.45) is 2.28. The van der Waals surface area contributed by atoms with E-state index < -0.39 is 12.2 Å². The maximum absolute atomic E-state index is 10.4. The van der Waals surface area contributed by atoms with Crippen LogP contribution in [0, 0.1) is 0 Å². The highest BCUT2D eigenvalue weighted by Crippen LogP contribution is 2.07. The Morgan fingerprint density at radius 1 is 1.83 bits per heavy atom. The van der Waals surface area contributed by atoms with Crippen LogP contribution in [0.4, 0.5) is 0 Å². The highest BCUT2D eigenvalue weighted by Gasteiger charge is 2.20. The highest BCUT2D eigenvalue weighted by molar-refractivity contribution is 5.65. The monoisotopic (exact) mass is 172 g/mol. The van der Waals surface area contributed by atoms with Crippen molar-refractivity contribution < 1.29 is 19.4 Å². The molecule has 0 saturated carbocycles. The third-order valence-electron chi connectivity index (χ3n) is 1.57. The van der Waals surface area contributed by atoms with Gasteiger partial charge < -0.3 is 14.6 Å². The van der Waals surface area contributed by atoms with Gasteiger partial charge in [0.2, 0.25) is 0 Å². The molecule has 0 fully saturated rings. The Balaban J connectivity index is 2.31. The average Bonchev–Trinajstić information content (AvgIpc) is 2.03. The smallest absolute Gasteiger partial charge is 0.302 e. The maximum atomic E-state index is 10.4. The molecule has 0 aromatic heterocycles. The van der Waals surface area contributed by atoms with Crippen LogP contribution in [0.1, 0.15) is 6.92 Å². The molecule has 1 rings (SSSR count). The molecule has 1 aliphatic heterocycles. The molecule has 0 spiro atoms. The molecule has 0 bridgehead atoms.